The summed E-state index contributed by atoms with van der Waals surface area (Å²) in [5, 5.41) is 15.4. The molecule has 1 aliphatic rings. The first kappa shape index (κ1) is 23.2. The summed E-state index contributed by atoms with van der Waals surface area (Å²) in [5.74, 6) is -2.69. The van der Waals surface area contributed by atoms with Crippen LogP contribution in [0.4, 0.5) is 11.4 Å². The Labute approximate surface area is 187 Å². The monoisotopic (exact) mass is 475 g/mol. The Kier molecular flexibility index (Phi) is 6.77. The third kappa shape index (κ3) is 5.60. The minimum absolute atomic E-state index is 0.0289. The van der Waals surface area contributed by atoms with E-state index >= 15 is 0 Å². The maximum absolute atomic E-state index is 12.8. The molecule has 1 aliphatic heterocycles. The molecule has 1 heterocycles. The number of carbonyl (C=O) groups excluding carboxylic acids is 3. The summed E-state index contributed by atoms with van der Waals surface area (Å²) in [6.45, 7) is 0. The van der Waals surface area contributed by atoms with Crippen LogP contribution in [0, 0.1) is 0 Å². The molecule has 2 aromatic carbocycles. The largest absolute Gasteiger partial charge is 0.478 e. The van der Waals surface area contributed by atoms with Gasteiger partial charge < -0.3 is 10.4 Å². The molecule has 0 aliphatic carbocycles. The molecule has 0 aromatic heterocycles. The van der Waals surface area contributed by atoms with Crippen LogP contribution < -0.4 is 15.4 Å². The van der Waals surface area contributed by atoms with Gasteiger partial charge in [0, 0.05) is 29.2 Å². The van der Waals surface area contributed by atoms with Gasteiger partial charge in [0.15, 0.2) is 0 Å². The topological polar surface area (TPSA) is 164 Å². The minimum Gasteiger partial charge on any atom is -0.478 e. The molecule has 166 valence electrons. The van der Waals surface area contributed by atoms with Crippen molar-refractivity contribution >= 4 is 56.9 Å². The molecule has 0 bridgehead atoms. The quantitative estimate of drug-likeness (QED) is 0.399. The van der Waals surface area contributed by atoms with Crippen molar-refractivity contribution in [2.45, 2.75) is 21.5 Å². The van der Waals surface area contributed by atoms with Gasteiger partial charge in [0.2, 0.25) is 27.7 Å². The van der Waals surface area contributed by atoms with E-state index in [-0.39, 0.29) is 17.0 Å². The molecule has 32 heavy (non-hydrogen) atoms. The van der Waals surface area contributed by atoms with Crippen LogP contribution in [0.1, 0.15) is 6.42 Å². The van der Waals surface area contributed by atoms with E-state index in [0.29, 0.717) is 10.6 Å². The zero-order chi connectivity index (χ0) is 23.5. The Morgan fingerprint density at radius 2 is 1.69 bits per heavy atom. The number of nitrogens with two attached hydrogens (primary N) is 1. The summed E-state index contributed by atoms with van der Waals surface area (Å²) < 4.78 is 22.7. The highest BCUT2D eigenvalue weighted by atomic mass is 32.2. The van der Waals surface area contributed by atoms with Crippen LogP contribution in [-0.2, 0) is 29.2 Å². The number of sulfonamides is 1. The van der Waals surface area contributed by atoms with E-state index in [1.54, 1.807) is 24.3 Å². The number of anilines is 2. The number of carboxylic acid groups (broad SMARTS) is 1. The van der Waals surface area contributed by atoms with Gasteiger partial charge in [-0.2, -0.15) is 0 Å². The van der Waals surface area contributed by atoms with E-state index < -0.39 is 39.0 Å². The second-order valence-corrected chi connectivity index (χ2v) is 9.44. The van der Waals surface area contributed by atoms with Crippen LogP contribution in [0.5, 0.6) is 0 Å². The predicted octanol–water partition coefficient (Wildman–Crippen LogP) is 1.34. The number of benzene rings is 2. The first-order valence-electron chi connectivity index (χ1n) is 9.03. The Morgan fingerprint density at radius 3 is 2.25 bits per heavy atom. The van der Waals surface area contributed by atoms with Crippen LogP contribution in [0.3, 0.4) is 0 Å². The average molecular weight is 476 g/mol. The highest BCUT2D eigenvalue weighted by Gasteiger charge is 2.40. The highest BCUT2D eigenvalue weighted by molar-refractivity contribution is 8.00. The lowest BCUT2D eigenvalue weighted by atomic mass is 10.3. The average Bonchev–Trinajstić information content (AvgIpc) is 3.00. The number of hydrogen-bond donors (Lipinski definition) is 3. The third-order valence-electron chi connectivity index (χ3n) is 4.31. The van der Waals surface area contributed by atoms with E-state index in [4.69, 9.17) is 10.2 Å². The summed E-state index contributed by atoms with van der Waals surface area (Å²) in [5.41, 5.74) is 0.683. The number of carboxylic acids is 1. The van der Waals surface area contributed by atoms with Crippen molar-refractivity contribution in [3.8, 4) is 0 Å². The number of thioether (sulfide) groups is 1. The Hall–Kier alpha value is -3.48. The van der Waals surface area contributed by atoms with Crippen LogP contribution in [0.2, 0.25) is 0 Å². The molecule has 4 N–H and O–H groups in total. The Morgan fingerprint density at radius 1 is 1.06 bits per heavy atom. The van der Waals surface area contributed by atoms with Gasteiger partial charge in [0.1, 0.15) is 0 Å². The summed E-state index contributed by atoms with van der Waals surface area (Å²) in [4.78, 5) is 48.8. The zero-order valence-corrected chi connectivity index (χ0v) is 17.9. The van der Waals surface area contributed by atoms with Crippen molar-refractivity contribution < 1.29 is 32.7 Å². The number of rotatable bonds is 7. The van der Waals surface area contributed by atoms with Crippen molar-refractivity contribution in [2.24, 2.45) is 5.14 Å². The second kappa shape index (κ2) is 9.34. The number of amides is 3. The fraction of sp³-hybridized carbons (Fsp3) is 0.100. The van der Waals surface area contributed by atoms with Gasteiger partial charge in [-0.05, 0) is 48.5 Å². The predicted molar refractivity (Wildman–Crippen MR) is 116 cm³/mol. The van der Waals surface area contributed by atoms with Crippen molar-refractivity contribution in [3.05, 3.63) is 60.7 Å². The number of carbonyl (C=O) groups is 4. The lowest BCUT2D eigenvalue weighted by Gasteiger charge is -2.15. The second-order valence-electron chi connectivity index (χ2n) is 6.60. The van der Waals surface area contributed by atoms with Crippen LogP contribution >= 0.6 is 11.8 Å². The minimum atomic E-state index is -3.89. The molecule has 0 saturated carbocycles. The maximum atomic E-state index is 12.8. The van der Waals surface area contributed by atoms with Crippen LogP contribution in [0.15, 0.2) is 70.5 Å². The summed E-state index contributed by atoms with van der Waals surface area (Å²) in [6.07, 6.45) is 1.58. The Bertz CT molecular complexity index is 1210. The third-order valence-corrected chi connectivity index (χ3v) is 6.43. The molecule has 1 fully saturated rings. The normalized spacial score (nSPS) is 16.5. The molecular formula is C20H17N3O7S2. The fourth-order valence-corrected chi connectivity index (χ4v) is 4.43. The molecule has 12 heteroatoms. The molecule has 0 spiro atoms. The Balaban J connectivity index is 1.66. The van der Waals surface area contributed by atoms with Gasteiger partial charge in [0.25, 0.3) is 0 Å². The van der Waals surface area contributed by atoms with Crippen molar-refractivity contribution in [3.63, 3.8) is 0 Å². The van der Waals surface area contributed by atoms with Gasteiger partial charge in [-0.25, -0.2) is 23.3 Å². The molecule has 1 saturated heterocycles. The van der Waals surface area contributed by atoms with E-state index in [1.807, 2.05) is 0 Å². The highest BCUT2D eigenvalue weighted by Crippen LogP contribution is 2.34. The summed E-state index contributed by atoms with van der Waals surface area (Å²) >= 11 is 1.18. The lowest BCUT2D eigenvalue weighted by molar-refractivity contribution is -0.131. The fourth-order valence-electron chi connectivity index (χ4n) is 2.86. The number of primary sulfonamides is 1. The molecule has 1 unspecified atom stereocenters. The van der Waals surface area contributed by atoms with Gasteiger partial charge in [-0.3, -0.25) is 14.4 Å². The maximum Gasteiger partial charge on any atom is 0.328 e. The molecule has 3 amide bonds. The smallest absolute Gasteiger partial charge is 0.328 e. The number of aliphatic carboxylic acids is 1. The van der Waals surface area contributed by atoms with E-state index in [0.717, 1.165) is 17.1 Å². The van der Waals surface area contributed by atoms with E-state index in [9.17, 15) is 27.6 Å². The van der Waals surface area contributed by atoms with Gasteiger partial charge in [-0.1, -0.05) is 0 Å². The molecular weight excluding hydrogens is 458 g/mol. The van der Waals surface area contributed by atoms with Crippen molar-refractivity contribution in [2.75, 3.05) is 10.2 Å². The summed E-state index contributed by atoms with van der Waals surface area (Å²) in [7, 11) is -3.89. The molecule has 10 nitrogen and oxygen atoms in total. The van der Waals surface area contributed by atoms with Gasteiger partial charge in [0.05, 0.1) is 15.8 Å². The number of nitrogens with zero attached hydrogens (tertiary/aromatic N) is 1. The van der Waals surface area contributed by atoms with Crippen LogP contribution in [0.25, 0.3) is 0 Å². The van der Waals surface area contributed by atoms with Gasteiger partial charge in [-0.15, -0.1) is 11.8 Å². The standard InChI is InChI=1S/C20H17N3O7S2/c21-32(29,30)15-7-3-13(4-8-15)23-18(25)11-16(20(23)28)31-14-5-1-12(2-6-14)22-17(24)9-10-19(26)27/h1-10,16H,11H2,(H,22,24)(H,26,27)(H2,21,29,30). The molecule has 0 radical (unpaired) electrons. The molecule has 3 rings (SSSR count). The molecule has 1 atom stereocenters. The first-order chi connectivity index (χ1) is 15.0. The van der Waals surface area contributed by atoms with E-state index in [2.05, 4.69) is 5.32 Å². The number of imide groups is 1. The van der Waals surface area contributed by atoms with Crippen LogP contribution in [-0.4, -0.2) is 42.5 Å². The lowest BCUT2D eigenvalue weighted by Crippen LogP contribution is -2.31. The first-order valence-corrected chi connectivity index (χ1v) is 11.5. The van der Waals surface area contributed by atoms with Crippen molar-refractivity contribution in [1.29, 1.82) is 0 Å². The van der Waals surface area contributed by atoms with Crippen molar-refractivity contribution in [1.82, 2.24) is 0 Å². The summed E-state index contributed by atoms with van der Waals surface area (Å²) in [6, 6.07) is 11.6. The molecule has 2 aromatic rings. The van der Waals surface area contributed by atoms with E-state index in [1.165, 1.54) is 36.0 Å². The zero-order valence-electron chi connectivity index (χ0n) is 16.3. The number of nitrogens with one attached hydrogen (secondary N) is 1. The number of hydrogen-bond acceptors (Lipinski definition) is 7. The van der Waals surface area contributed by atoms with Gasteiger partial charge >= 0.3 is 5.97 Å². The SMILES string of the molecule is NS(=O)(=O)c1ccc(N2C(=O)CC(Sc3ccc(NC(=O)C=CC(=O)O)cc3)C2=O)cc1.